The van der Waals surface area contributed by atoms with Gasteiger partial charge in [0.1, 0.15) is 17.6 Å². The van der Waals surface area contributed by atoms with Crippen molar-refractivity contribution >= 4 is 16.5 Å². The normalized spacial score (nSPS) is 13.8. The van der Waals surface area contributed by atoms with Gasteiger partial charge in [0.2, 0.25) is 0 Å². The molecule has 3 heterocycles. The Labute approximate surface area is 225 Å². The summed E-state index contributed by atoms with van der Waals surface area (Å²) in [6.07, 6.45) is -1.47. The zero-order valence-corrected chi connectivity index (χ0v) is 22.1. The summed E-state index contributed by atoms with van der Waals surface area (Å²) in [4.78, 5) is 33.2. The fourth-order valence-corrected chi connectivity index (χ4v) is 4.26. The molecule has 0 bridgehead atoms. The number of pyridine rings is 1. The average molecular weight is 563 g/mol. The van der Waals surface area contributed by atoms with E-state index in [1.54, 1.807) is 17.5 Å². The SMILES string of the molecule is C[C@H](C[C@H](F)Cn1ccc2cc(-c3ncc(C(C)(C)C)cn3)c(F)cc2c1=O)Nc1cn[nH]c(=O)c1C(F)(F)F. The maximum Gasteiger partial charge on any atom is 0.423 e. The average Bonchev–Trinajstić information content (AvgIpc) is 2.84. The highest BCUT2D eigenvalue weighted by Gasteiger charge is 2.37. The predicted molar refractivity (Wildman–Crippen MR) is 140 cm³/mol. The lowest BCUT2D eigenvalue weighted by Crippen LogP contribution is -2.30. The number of alkyl halides is 4. The van der Waals surface area contributed by atoms with Gasteiger partial charge in [-0.05, 0) is 41.5 Å². The summed E-state index contributed by atoms with van der Waals surface area (Å²) in [6, 6.07) is 3.20. The first-order valence-electron chi connectivity index (χ1n) is 12.4. The summed E-state index contributed by atoms with van der Waals surface area (Å²) in [6.45, 7) is 7.02. The van der Waals surface area contributed by atoms with E-state index < -0.39 is 53.1 Å². The van der Waals surface area contributed by atoms with Crippen LogP contribution in [-0.2, 0) is 18.1 Å². The van der Waals surface area contributed by atoms with E-state index in [0.29, 0.717) is 5.39 Å². The first-order valence-corrected chi connectivity index (χ1v) is 12.4. The first-order chi connectivity index (χ1) is 18.6. The number of fused-ring (bicyclic) bond motifs is 1. The molecule has 4 aromatic rings. The second-order valence-corrected chi connectivity index (χ2v) is 10.6. The van der Waals surface area contributed by atoms with Crippen LogP contribution in [0.5, 0.6) is 0 Å². The van der Waals surface area contributed by atoms with Crippen LogP contribution in [0.25, 0.3) is 22.2 Å². The zero-order chi connectivity index (χ0) is 29.4. The Kier molecular flexibility index (Phi) is 7.77. The molecule has 40 heavy (non-hydrogen) atoms. The van der Waals surface area contributed by atoms with Gasteiger partial charge in [-0.2, -0.15) is 18.3 Å². The number of aromatic nitrogens is 5. The second kappa shape index (κ2) is 10.8. The van der Waals surface area contributed by atoms with Crippen LogP contribution in [0.2, 0.25) is 0 Å². The molecule has 0 saturated carbocycles. The Morgan fingerprint density at radius 3 is 2.38 bits per heavy atom. The van der Waals surface area contributed by atoms with Crippen LogP contribution < -0.4 is 16.4 Å². The van der Waals surface area contributed by atoms with Crippen LogP contribution in [-0.4, -0.2) is 36.9 Å². The third-order valence-electron chi connectivity index (χ3n) is 6.37. The molecule has 0 aliphatic heterocycles. The lowest BCUT2D eigenvalue weighted by atomic mass is 9.89. The van der Waals surface area contributed by atoms with Crippen molar-refractivity contribution in [3.63, 3.8) is 0 Å². The minimum absolute atomic E-state index is 0.0258. The minimum Gasteiger partial charge on any atom is -0.381 e. The number of aromatic amines is 1. The molecule has 8 nitrogen and oxygen atoms in total. The second-order valence-electron chi connectivity index (χ2n) is 10.6. The van der Waals surface area contributed by atoms with E-state index in [1.165, 1.54) is 25.3 Å². The van der Waals surface area contributed by atoms with E-state index in [1.807, 2.05) is 20.8 Å². The Morgan fingerprint density at radius 1 is 1.07 bits per heavy atom. The molecule has 2 N–H and O–H groups in total. The van der Waals surface area contributed by atoms with Gasteiger partial charge in [-0.3, -0.25) is 9.59 Å². The Hall–Kier alpha value is -4.16. The van der Waals surface area contributed by atoms with Crippen LogP contribution in [0.3, 0.4) is 0 Å². The molecular formula is C27H27F5N6O2. The van der Waals surface area contributed by atoms with Gasteiger partial charge >= 0.3 is 6.18 Å². The molecule has 0 aliphatic carbocycles. The van der Waals surface area contributed by atoms with Crippen LogP contribution in [0.15, 0.2) is 52.6 Å². The van der Waals surface area contributed by atoms with Crippen LogP contribution in [0, 0.1) is 5.82 Å². The number of nitrogens with zero attached hydrogens (tertiary/aromatic N) is 4. The third-order valence-corrected chi connectivity index (χ3v) is 6.37. The van der Waals surface area contributed by atoms with Gasteiger partial charge in [0.05, 0.1) is 29.4 Å². The van der Waals surface area contributed by atoms with Crippen molar-refractivity contribution in [2.75, 3.05) is 5.32 Å². The fourth-order valence-electron chi connectivity index (χ4n) is 4.26. The molecule has 0 amide bonds. The van der Waals surface area contributed by atoms with Gasteiger partial charge in [0.25, 0.3) is 11.1 Å². The molecule has 0 aliphatic rings. The number of rotatable bonds is 7. The molecule has 3 aromatic heterocycles. The summed E-state index contributed by atoms with van der Waals surface area (Å²) >= 11 is 0. The van der Waals surface area contributed by atoms with Crippen LogP contribution in [0.4, 0.5) is 27.6 Å². The molecular weight excluding hydrogens is 535 g/mol. The van der Waals surface area contributed by atoms with Gasteiger partial charge in [0, 0.05) is 31.1 Å². The number of H-pyrrole nitrogens is 1. The van der Waals surface area contributed by atoms with Crippen molar-refractivity contribution < 1.29 is 22.0 Å². The van der Waals surface area contributed by atoms with Crippen LogP contribution >= 0.6 is 0 Å². The van der Waals surface area contributed by atoms with Crippen molar-refractivity contribution in [3.8, 4) is 11.4 Å². The molecule has 212 valence electrons. The number of halogens is 5. The highest BCUT2D eigenvalue weighted by molar-refractivity contribution is 5.86. The number of hydrogen-bond donors (Lipinski definition) is 2. The Balaban J connectivity index is 1.51. The lowest BCUT2D eigenvalue weighted by molar-refractivity contribution is -0.138. The topological polar surface area (TPSA) is 106 Å². The zero-order valence-electron chi connectivity index (χ0n) is 22.1. The van der Waals surface area contributed by atoms with Crippen molar-refractivity contribution in [1.82, 2.24) is 24.7 Å². The monoisotopic (exact) mass is 562 g/mol. The molecule has 0 unspecified atom stereocenters. The smallest absolute Gasteiger partial charge is 0.381 e. The van der Waals surface area contributed by atoms with Gasteiger partial charge in [-0.25, -0.2) is 23.8 Å². The summed E-state index contributed by atoms with van der Waals surface area (Å²) in [5.74, 6) is -0.557. The van der Waals surface area contributed by atoms with Gasteiger partial charge in [-0.1, -0.05) is 20.8 Å². The Bertz CT molecular complexity index is 1640. The largest absolute Gasteiger partial charge is 0.423 e. The van der Waals surface area contributed by atoms with Crippen LogP contribution in [0.1, 0.15) is 45.2 Å². The number of hydrogen-bond acceptors (Lipinski definition) is 6. The molecule has 0 spiro atoms. The number of anilines is 1. The molecule has 2 atom stereocenters. The van der Waals surface area contributed by atoms with Crippen molar-refractivity contribution in [2.45, 2.75) is 64.5 Å². The maximum atomic E-state index is 15.0. The predicted octanol–water partition coefficient (Wildman–Crippen LogP) is 5.23. The number of nitrogens with one attached hydrogen (secondary N) is 2. The Morgan fingerprint density at radius 2 is 1.75 bits per heavy atom. The highest BCUT2D eigenvalue weighted by atomic mass is 19.4. The molecule has 0 saturated heterocycles. The van der Waals surface area contributed by atoms with E-state index in [9.17, 15) is 27.2 Å². The standard InChI is InChI=1S/C27H27F5N6O2/c1-14(36-21-12-35-37-24(39)22(21)27(30,31)32)7-17(28)13-38-6-5-15-8-19(20(29)9-18(15)25(38)40)23-33-10-16(11-34-23)26(2,3)4/h5-6,8-12,14,17H,7,13H2,1-4H3,(H2,36,37,39)/t14-,17+/m1/s1. The van der Waals surface area contributed by atoms with E-state index in [0.717, 1.165) is 22.4 Å². The maximum absolute atomic E-state index is 15.0. The minimum atomic E-state index is -4.94. The quantitative estimate of drug-likeness (QED) is 0.299. The van der Waals surface area contributed by atoms with Gasteiger partial charge in [-0.15, -0.1) is 0 Å². The van der Waals surface area contributed by atoms with E-state index in [-0.39, 0.29) is 28.6 Å². The molecule has 0 fully saturated rings. The van der Waals surface area contributed by atoms with Crippen molar-refractivity contribution in [2.24, 2.45) is 0 Å². The lowest BCUT2D eigenvalue weighted by Gasteiger charge is -2.20. The highest BCUT2D eigenvalue weighted by Crippen LogP contribution is 2.32. The molecule has 1 aromatic carbocycles. The third kappa shape index (κ3) is 6.18. The van der Waals surface area contributed by atoms with E-state index >= 15 is 4.39 Å². The first kappa shape index (κ1) is 28.8. The summed E-state index contributed by atoms with van der Waals surface area (Å²) < 4.78 is 70.8. The summed E-state index contributed by atoms with van der Waals surface area (Å²) in [5.41, 5.74) is -3.30. The van der Waals surface area contributed by atoms with E-state index in [4.69, 9.17) is 0 Å². The van der Waals surface area contributed by atoms with Gasteiger partial charge in [0.15, 0.2) is 5.82 Å². The molecule has 13 heteroatoms. The number of benzene rings is 1. The van der Waals surface area contributed by atoms with Crippen molar-refractivity contribution in [1.29, 1.82) is 0 Å². The fraction of sp³-hybridized carbons (Fsp3) is 0.370. The summed E-state index contributed by atoms with van der Waals surface area (Å²) in [7, 11) is 0. The van der Waals surface area contributed by atoms with E-state index in [2.05, 4.69) is 20.4 Å². The van der Waals surface area contributed by atoms with Gasteiger partial charge < -0.3 is 9.88 Å². The molecule has 0 radical (unpaired) electrons. The van der Waals surface area contributed by atoms with Crippen molar-refractivity contribution in [3.05, 3.63) is 80.6 Å². The summed E-state index contributed by atoms with van der Waals surface area (Å²) in [5, 5.41) is 8.00. The molecule has 4 rings (SSSR count).